The monoisotopic (exact) mass is 376 g/mol. The Labute approximate surface area is 149 Å². The number of hydrogen-bond acceptors (Lipinski definition) is 7. The Hall–Kier alpha value is -2.94. The molecule has 0 amide bonds. The first-order valence-corrected chi connectivity index (χ1v) is 9.33. The SMILES string of the molecule is COc1cc2onc(C)c2cc1NS(=O)(=O)c1ccc2c(c1)OCCO2. The first kappa shape index (κ1) is 16.5. The molecule has 0 bridgehead atoms. The molecule has 0 atom stereocenters. The van der Waals surface area contributed by atoms with E-state index < -0.39 is 10.0 Å². The molecule has 2 aromatic carbocycles. The van der Waals surface area contributed by atoms with E-state index in [0.29, 0.717) is 52.8 Å². The van der Waals surface area contributed by atoms with E-state index in [4.69, 9.17) is 18.7 Å². The van der Waals surface area contributed by atoms with Crippen LogP contribution in [0.4, 0.5) is 5.69 Å². The average molecular weight is 376 g/mol. The minimum atomic E-state index is -3.86. The Morgan fingerprint density at radius 1 is 1.12 bits per heavy atom. The molecular formula is C17H16N2O6S. The molecule has 0 saturated heterocycles. The molecule has 4 rings (SSSR count). The molecule has 26 heavy (non-hydrogen) atoms. The van der Waals surface area contributed by atoms with Crippen molar-refractivity contribution in [2.75, 3.05) is 25.0 Å². The van der Waals surface area contributed by atoms with Crippen LogP contribution in [0.25, 0.3) is 11.0 Å². The summed E-state index contributed by atoms with van der Waals surface area (Å²) < 4.78 is 49.5. The molecule has 0 radical (unpaired) electrons. The summed E-state index contributed by atoms with van der Waals surface area (Å²) >= 11 is 0. The Kier molecular flexibility index (Phi) is 3.87. The number of fused-ring (bicyclic) bond motifs is 2. The number of ether oxygens (including phenoxy) is 3. The maximum Gasteiger partial charge on any atom is 0.262 e. The van der Waals surface area contributed by atoms with Gasteiger partial charge in [-0.05, 0) is 25.1 Å². The predicted molar refractivity (Wildman–Crippen MR) is 93.5 cm³/mol. The zero-order chi connectivity index (χ0) is 18.3. The quantitative estimate of drug-likeness (QED) is 0.747. The van der Waals surface area contributed by atoms with Crippen molar-refractivity contribution in [3.05, 3.63) is 36.0 Å². The van der Waals surface area contributed by atoms with Crippen LogP contribution in [-0.4, -0.2) is 33.9 Å². The predicted octanol–water partition coefficient (Wildman–Crippen LogP) is 2.72. The van der Waals surface area contributed by atoms with Gasteiger partial charge in [0.25, 0.3) is 10.0 Å². The summed E-state index contributed by atoms with van der Waals surface area (Å²) in [5, 5.41) is 4.58. The highest BCUT2D eigenvalue weighted by Gasteiger charge is 2.22. The van der Waals surface area contributed by atoms with E-state index in [-0.39, 0.29) is 4.90 Å². The van der Waals surface area contributed by atoms with Gasteiger partial charge in [0, 0.05) is 17.5 Å². The first-order valence-electron chi connectivity index (χ1n) is 7.84. The van der Waals surface area contributed by atoms with Crippen molar-refractivity contribution < 1.29 is 27.2 Å². The Balaban J connectivity index is 1.73. The molecule has 1 N–H and O–H groups in total. The third-order valence-corrected chi connectivity index (χ3v) is 5.40. The fourth-order valence-corrected chi connectivity index (χ4v) is 3.81. The third kappa shape index (κ3) is 2.80. The van der Waals surface area contributed by atoms with Crippen LogP contribution in [0.15, 0.2) is 39.8 Å². The molecule has 136 valence electrons. The Bertz CT molecular complexity index is 1090. The van der Waals surface area contributed by atoms with Crippen LogP contribution in [0.1, 0.15) is 5.69 Å². The van der Waals surface area contributed by atoms with Crippen molar-refractivity contribution in [2.45, 2.75) is 11.8 Å². The van der Waals surface area contributed by atoms with Crippen LogP contribution in [-0.2, 0) is 10.0 Å². The minimum Gasteiger partial charge on any atom is -0.494 e. The van der Waals surface area contributed by atoms with E-state index in [1.807, 2.05) is 0 Å². The Morgan fingerprint density at radius 3 is 2.65 bits per heavy atom. The van der Waals surface area contributed by atoms with Crippen molar-refractivity contribution in [3.63, 3.8) is 0 Å². The van der Waals surface area contributed by atoms with Gasteiger partial charge in [0.15, 0.2) is 17.1 Å². The fourth-order valence-electron chi connectivity index (χ4n) is 2.73. The smallest absolute Gasteiger partial charge is 0.262 e. The molecule has 0 unspecified atom stereocenters. The normalized spacial score (nSPS) is 13.6. The molecule has 0 fully saturated rings. The number of sulfonamides is 1. The van der Waals surface area contributed by atoms with Gasteiger partial charge in [0.1, 0.15) is 19.0 Å². The molecule has 0 spiro atoms. The van der Waals surface area contributed by atoms with Crippen LogP contribution >= 0.6 is 0 Å². The molecule has 8 nitrogen and oxygen atoms in total. The van der Waals surface area contributed by atoms with E-state index in [9.17, 15) is 8.42 Å². The van der Waals surface area contributed by atoms with Gasteiger partial charge in [0.05, 0.1) is 23.4 Å². The molecule has 0 saturated carbocycles. The van der Waals surface area contributed by atoms with Gasteiger partial charge in [-0.3, -0.25) is 4.72 Å². The number of anilines is 1. The lowest BCUT2D eigenvalue weighted by Crippen LogP contribution is -2.17. The molecule has 1 aliphatic heterocycles. The molecule has 2 heterocycles. The molecule has 0 aliphatic carbocycles. The van der Waals surface area contributed by atoms with Gasteiger partial charge in [0.2, 0.25) is 0 Å². The summed E-state index contributed by atoms with van der Waals surface area (Å²) in [6, 6.07) is 7.71. The molecular weight excluding hydrogens is 360 g/mol. The number of aromatic nitrogens is 1. The second-order valence-electron chi connectivity index (χ2n) is 5.73. The zero-order valence-corrected chi connectivity index (χ0v) is 14.9. The summed E-state index contributed by atoms with van der Waals surface area (Å²) in [5.41, 5.74) is 1.46. The van der Waals surface area contributed by atoms with Crippen molar-refractivity contribution in [2.24, 2.45) is 0 Å². The lowest BCUT2D eigenvalue weighted by Gasteiger charge is -2.19. The summed E-state index contributed by atoms with van der Waals surface area (Å²) in [7, 11) is -2.41. The maximum atomic E-state index is 12.8. The highest BCUT2D eigenvalue weighted by atomic mass is 32.2. The summed E-state index contributed by atoms with van der Waals surface area (Å²) in [4.78, 5) is 0.0611. The maximum absolute atomic E-state index is 12.8. The summed E-state index contributed by atoms with van der Waals surface area (Å²) in [6.45, 7) is 2.59. The lowest BCUT2D eigenvalue weighted by molar-refractivity contribution is 0.171. The zero-order valence-electron chi connectivity index (χ0n) is 14.1. The summed E-state index contributed by atoms with van der Waals surface area (Å²) in [6.07, 6.45) is 0. The van der Waals surface area contributed by atoms with Crippen molar-refractivity contribution >= 4 is 26.7 Å². The third-order valence-electron chi connectivity index (χ3n) is 4.04. The van der Waals surface area contributed by atoms with E-state index in [1.54, 1.807) is 25.1 Å². The van der Waals surface area contributed by atoms with Gasteiger partial charge < -0.3 is 18.7 Å². The van der Waals surface area contributed by atoms with Gasteiger partial charge in [-0.2, -0.15) is 0 Å². The fraction of sp³-hybridized carbons (Fsp3) is 0.235. The Morgan fingerprint density at radius 2 is 1.88 bits per heavy atom. The van der Waals surface area contributed by atoms with Crippen LogP contribution in [0.3, 0.4) is 0 Å². The van der Waals surface area contributed by atoms with Crippen molar-refractivity contribution in [1.29, 1.82) is 0 Å². The minimum absolute atomic E-state index is 0.0611. The van der Waals surface area contributed by atoms with Crippen molar-refractivity contribution in [3.8, 4) is 17.2 Å². The van der Waals surface area contributed by atoms with E-state index in [2.05, 4.69) is 9.88 Å². The van der Waals surface area contributed by atoms with Gasteiger partial charge >= 0.3 is 0 Å². The summed E-state index contributed by atoms with van der Waals surface area (Å²) in [5.74, 6) is 1.25. The van der Waals surface area contributed by atoms with Crippen LogP contribution in [0, 0.1) is 6.92 Å². The van der Waals surface area contributed by atoms with Crippen LogP contribution in [0.2, 0.25) is 0 Å². The number of nitrogens with zero attached hydrogens (tertiary/aromatic N) is 1. The molecule has 3 aromatic rings. The van der Waals surface area contributed by atoms with Crippen LogP contribution < -0.4 is 18.9 Å². The molecule has 1 aromatic heterocycles. The van der Waals surface area contributed by atoms with Gasteiger partial charge in [-0.15, -0.1) is 0 Å². The number of hydrogen-bond donors (Lipinski definition) is 1. The number of rotatable bonds is 4. The van der Waals surface area contributed by atoms with E-state index in [0.717, 1.165) is 0 Å². The number of benzene rings is 2. The van der Waals surface area contributed by atoms with Crippen LogP contribution in [0.5, 0.6) is 17.2 Å². The second-order valence-corrected chi connectivity index (χ2v) is 7.41. The second kappa shape index (κ2) is 6.10. The number of aryl methyl sites for hydroxylation is 1. The van der Waals surface area contributed by atoms with Gasteiger partial charge in [-0.1, -0.05) is 5.16 Å². The van der Waals surface area contributed by atoms with Crippen molar-refractivity contribution in [1.82, 2.24) is 5.16 Å². The number of methoxy groups -OCH3 is 1. The highest BCUT2D eigenvalue weighted by molar-refractivity contribution is 7.92. The number of nitrogens with one attached hydrogen (secondary N) is 1. The standard InChI is InChI=1S/C17H16N2O6S/c1-10-12-8-13(16(22-2)9-15(12)25-18-10)19-26(20,21)11-3-4-14-17(7-11)24-6-5-23-14/h3-4,7-9,19H,5-6H2,1-2H3. The molecule has 1 aliphatic rings. The largest absolute Gasteiger partial charge is 0.494 e. The van der Waals surface area contributed by atoms with E-state index >= 15 is 0 Å². The average Bonchev–Trinajstić information content (AvgIpc) is 3.00. The van der Waals surface area contributed by atoms with Gasteiger partial charge in [-0.25, -0.2) is 8.42 Å². The first-order chi connectivity index (χ1) is 12.5. The lowest BCUT2D eigenvalue weighted by atomic mass is 10.2. The van der Waals surface area contributed by atoms with E-state index in [1.165, 1.54) is 19.2 Å². The highest BCUT2D eigenvalue weighted by Crippen LogP contribution is 2.35. The molecule has 9 heteroatoms. The topological polar surface area (TPSA) is 99.9 Å².